The molecule has 21 heavy (non-hydrogen) atoms. The van der Waals surface area contributed by atoms with Gasteiger partial charge < -0.3 is 10.0 Å². The fraction of sp³-hybridized carbons (Fsp3) is 0.750. The molecule has 118 valence electrons. The van der Waals surface area contributed by atoms with E-state index in [0.717, 1.165) is 43.5 Å². The van der Waals surface area contributed by atoms with Gasteiger partial charge in [0.2, 0.25) is 5.95 Å². The van der Waals surface area contributed by atoms with Crippen molar-refractivity contribution in [3.8, 4) is 0 Å². The SMILES string of the molecule is Cc1cc(C(C)C)nc(N2CCN(CC(C)(C)O)CC2)n1. The number of nitrogens with zero attached hydrogens (tertiary/aromatic N) is 4. The zero-order valence-corrected chi connectivity index (χ0v) is 13.9. The summed E-state index contributed by atoms with van der Waals surface area (Å²) >= 11 is 0. The van der Waals surface area contributed by atoms with Crippen LogP contribution >= 0.6 is 0 Å². The Kier molecular flexibility index (Phi) is 4.84. The minimum absolute atomic E-state index is 0.418. The lowest BCUT2D eigenvalue weighted by atomic mass is 10.1. The predicted molar refractivity (Wildman–Crippen MR) is 85.8 cm³/mol. The maximum atomic E-state index is 9.91. The number of hydrogen-bond donors (Lipinski definition) is 1. The highest BCUT2D eigenvalue weighted by Crippen LogP contribution is 2.18. The Morgan fingerprint density at radius 1 is 1.19 bits per heavy atom. The Morgan fingerprint density at radius 2 is 1.81 bits per heavy atom. The first kappa shape index (κ1) is 16.2. The van der Waals surface area contributed by atoms with Crippen LogP contribution in [-0.2, 0) is 0 Å². The molecule has 0 unspecified atom stereocenters. The lowest BCUT2D eigenvalue weighted by Gasteiger charge is -2.37. The van der Waals surface area contributed by atoms with E-state index in [1.807, 2.05) is 20.8 Å². The summed E-state index contributed by atoms with van der Waals surface area (Å²) < 4.78 is 0. The number of anilines is 1. The molecule has 2 heterocycles. The van der Waals surface area contributed by atoms with Gasteiger partial charge in [0.15, 0.2) is 0 Å². The van der Waals surface area contributed by atoms with E-state index in [2.05, 4.69) is 34.7 Å². The smallest absolute Gasteiger partial charge is 0.225 e. The van der Waals surface area contributed by atoms with Crippen LogP contribution in [0.1, 0.15) is 45.0 Å². The van der Waals surface area contributed by atoms with E-state index in [9.17, 15) is 5.11 Å². The van der Waals surface area contributed by atoms with Gasteiger partial charge in [-0.15, -0.1) is 0 Å². The summed E-state index contributed by atoms with van der Waals surface area (Å²) in [6, 6.07) is 2.07. The summed E-state index contributed by atoms with van der Waals surface area (Å²) in [6.07, 6.45) is 0. The van der Waals surface area contributed by atoms with E-state index in [1.165, 1.54) is 0 Å². The third-order valence-electron chi connectivity index (χ3n) is 3.72. The maximum Gasteiger partial charge on any atom is 0.225 e. The minimum Gasteiger partial charge on any atom is -0.389 e. The Balaban J connectivity index is 2.02. The lowest BCUT2D eigenvalue weighted by Crippen LogP contribution is -2.51. The first-order chi connectivity index (χ1) is 9.74. The molecule has 0 radical (unpaired) electrons. The summed E-state index contributed by atoms with van der Waals surface area (Å²) in [5.74, 6) is 1.27. The second-order valence-corrected chi connectivity index (χ2v) is 6.96. The summed E-state index contributed by atoms with van der Waals surface area (Å²) in [5, 5.41) is 9.91. The van der Waals surface area contributed by atoms with Gasteiger partial charge in [-0.25, -0.2) is 9.97 Å². The van der Waals surface area contributed by atoms with E-state index in [4.69, 9.17) is 4.98 Å². The monoisotopic (exact) mass is 292 g/mol. The average Bonchev–Trinajstić information content (AvgIpc) is 2.37. The molecule has 0 aliphatic carbocycles. The summed E-state index contributed by atoms with van der Waals surface area (Å²) in [6.45, 7) is 14.5. The third-order valence-corrected chi connectivity index (χ3v) is 3.72. The van der Waals surface area contributed by atoms with Crippen molar-refractivity contribution >= 4 is 5.95 Å². The molecule has 0 saturated carbocycles. The van der Waals surface area contributed by atoms with Crippen molar-refractivity contribution in [2.24, 2.45) is 0 Å². The second-order valence-electron chi connectivity index (χ2n) is 6.96. The van der Waals surface area contributed by atoms with Crippen LogP contribution in [0.5, 0.6) is 0 Å². The zero-order chi connectivity index (χ0) is 15.6. The van der Waals surface area contributed by atoms with Crippen molar-refractivity contribution in [3.63, 3.8) is 0 Å². The standard InChI is InChI=1S/C16H28N4O/c1-12(2)14-10-13(3)17-15(18-14)20-8-6-19(7-9-20)11-16(4,5)21/h10,12,21H,6-9,11H2,1-5H3. The van der Waals surface area contributed by atoms with Crippen molar-refractivity contribution < 1.29 is 5.11 Å². The minimum atomic E-state index is -0.632. The van der Waals surface area contributed by atoms with Crippen molar-refractivity contribution in [3.05, 3.63) is 17.5 Å². The topological polar surface area (TPSA) is 52.5 Å². The molecule has 1 aliphatic rings. The zero-order valence-electron chi connectivity index (χ0n) is 13.9. The highest BCUT2D eigenvalue weighted by Gasteiger charge is 2.24. The molecule has 1 aromatic heterocycles. The molecule has 0 spiro atoms. The van der Waals surface area contributed by atoms with Crippen LogP contribution in [0.3, 0.4) is 0 Å². The van der Waals surface area contributed by atoms with E-state index >= 15 is 0 Å². The largest absolute Gasteiger partial charge is 0.389 e. The summed E-state index contributed by atoms with van der Waals surface area (Å²) in [7, 11) is 0. The predicted octanol–water partition coefficient (Wildman–Crippen LogP) is 1.80. The quantitative estimate of drug-likeness (QED) is 0.917. The van der Waals surface area contributed by atoms with E-state index in [1.54, 1.807) is 0 Å². The summed E-state index contributed by atoms with van der Waals surface area (Å²) in [5.41, 5.74) is 1.51. The summed E-state index contributed by atoms with van der Waals surface area (Å²) in [4.78, 5) is 13.8. The molecule has 1 aliphatic heterocycles. The molecule has 1 saturated heterocycles. The van der Waals surface area contributed by atoms with Crippen molar-refractivity contribution in [1.29, 1.82) is 0 Å². The number of β-amino-alcohol motifs (C(OH)–C–C–N with tert-alkyl or cyclic N) is 1. The molecule has 1 N–H and O–H groups in total. The van der Waals surface area contributed by atoms with Gasteiger partial charge >= 0.3 is 0 Å². The van der Waals surface area contributed by atoms with Gasteiger partial charge in [0, 0.05) is 44.1 Å². The van der Waals surface area contributed by atoms with E-state index in [0.29, 0.717) is 12.5 Å². The van der Waals surface area contributed by atoms with Crippen molar-refractivity contribution in [1.82, 2.24) is 14.9 Å². The number of hydrogen-bond acceptors (Lipinski definition) is 5. The van der Waals surface area contributed by atoms with E-state index < -0.39 is 5.60 Å². The molecule has 0 amide bonds. The van der Waals surface area contributed by atoms with Crippen LogP contribution in [0.25, 0.3) is 0 Å². The van der Waals surface area contributed by atoms with Crippen LogP contribution < -0.4 is 4.90 Å². The fourth-order valence-electron chi connectivity index (χ4n) is 2.67. The normalized spacial score (nSPS) is 17.6. The Morgan fingerprint density at radius 3 is 2.33 bits per heavy atom. The van der Waals surface area contributed by atoms with Crippen LogP contribution in [0.15, 0.2) is 6.07 Å². The molecular weight excluding hydrogens is 264 g/mol. The van der Waals surface area contributed by atoms with Gasteiger partial charge in [0.05, 0.1) is 5.60 Å². The van der Waals surface area contributed by atoms with Crippen molar-refractivity contribution in [2.75, 3.05) is 37.6 Å². The van der Waals surface area contributed by atoms with Crippen LogP contribution in [-0.4, -0.2) is 58.3 Å². The fourth-order valence-corrected chi connectivity index (χ4v) is 2.67. The van der Waals surface area contributed by atoms with Gasteiger partial charge in [-0.05, 0) is 32.8 Å². The molecule has 0 aromatic carbocycles. The Hall–Kier alpha value is -1.20. The number of aliphatic hydroxyl groups is 1. The molecular formula is C16H28N4O. The van der Waals surface area contributed by atoms with E-state index in [-0.39, 0.29) is 0 Å². The number of aromatic nitrogens is 2. The van der Waals surface area contributed by atoms with Gasteiger partial charge in [-0.1, -0.05) is 13.8 Å². The van der Waals surface area contributed by atoms with Gasteiger partial charge in [-0.3, -0.25) is 4.90 Å². The van der Waals surface area contributed by atoms with Gasteiger partial charge in [0.25, 0.3) is 0 Å². The first-order valence-corrected chi connectivity index (χ1v) is 7.80. The van der Waals surface area contributed by atoms with Gasteiger partial charge in [0.1, 0.15) is 0 Å². The molecule has 5 nitrogen and oxygen atoms in total. The molecule has 1 aromatic rings. The molecule has 0 bridgehead atoms. The Bertz CT molecular complexity index is 474. The maximum absolute atomic E-state index is 9.91. The lowest BCUT2D eigenvalue weighted by molar-refractivity contribution is 0.0344. The molecule has 1 fully saturated rings. The van der Waals surface area contributed by atoms with Crippen molar-refractivity contribution in [2.45, 2.75) is 46.1 Å². The molecule has 0 atom stereocenters. The second kappa shape index (κ2) is 6.28. The average molecular weight is 292 g/mol. The molecule has 5 heteroatoms. The third kappa shape index (κ3) is 4.64. The number of piperazine rings is 1. The van der Waals surface area contributed by atoms with Crippen LogP contribution in [0, 0.1) is 6.92 Å². The first-order valence-electron chi connectivity index (χ1n) is 7.80. The number of rotatable bonds is 4. The highest BCUT2D eigenvalue weighted by molar-refractivity contribution is 5.33. The van der Waals surface area contributed by atoms with Crippen LogP contribution in [0.4, 0.5) is 5.95 Å². The van der Waals surface area contributed by atoms with Crippen LogP contribution in [0.2, 0.25) is 0 Å². The Labute approximate surface area is 128 Å². The highest BCUT2D eigenvalue weighted by atomic mass is 16.3. The molecule has 2 rings (SSSR count). The number of aryl methyl sites for hydroxylation is 1. The van der Waals surface area contributed by atoms with Gasteiger partial charge in [-0.2, -0.15) is 0 Å².